The molecule has 224 valence electrons. The van der Waals surface area contributed by atoms with Gasteiger partial charge in [0.25, 0.3) is 17.7 Å². The number of nitrogens with one attached hydrogen (secondary N) is 3. The highest BCUT2D eigenvalue weighted by Crippen LogP contribution is 2.42. The Morgan fingerprint density at radius 3 is 2.49 bits per heavy atom. The predicted molar refractivity (Wildman–Crippen MR) is 172 cm³/mol. The number of hydrogen-bond acceptors (Lipinski definition) is 4. The number of carbonyl (C=O) groups is 3. The summed E-state index contributed by atoms with van der Waals surface area (Å²) in [6, 6.07) is 29.0. The second-order valence-corrected chi connectivity index (χ2v) is 11.3. The van der Waals surface area contributed by atoms with Crippen molar-refractivity contribution in [2.45, 2.75) is 25.9 Å². The molecule has 3 N–H and O–H groups in total. The molecule has 0 spiro atoms. The summed E-state index contributed by atoms with van der Waals surface area (Å²) < 4.78 is 7.78. The lowest BCUT2D eigenvalue weighted by Gasteiger charge is -2.30. The van der Waals surface area contributed by atoms with Crippen LogP contribution in [-0.2, 0) is 11.8 Å². The first kappa shape index (κ1) is 28.0. The van der Waals surface area contributed by atoms with Gasteiger partial charge in [0.15, 0.2) is 0 Å². The first-order valence-electron chi connectivity index (χ1n) is 14.7. The molecule has 0 radical (unpaired) electrons. The van der Waals surface area contributed by atoms with E-state index in [-0.39, 0.29) is 5.91 Å². The molecular weight excluding hydrogens is 566 g/mol. The third kappa shape index (κ3) is 4.88. The molecular formula is C36H31N5O4. The molecule has 2 unspecified atom stereocenters. The van der Waals surface area contributed by atoms with Gasteiger partial charge < -0.3 is 19.2 Å². The minimum atomic E-state index is -0.891. The molecule has 9 heteroatoms. The first-order valence-corrected chi connectivity index (χ1v) is 14.7. The van der Waals surface area contributed by atoms with Crippen LogP contribution in [0.3, 0.4) is 0 Å². The third-order valence-electron chi connectivity index (χ3n) is 8.48. The van der Waals surface area contributed by atoms with Gasteiger partial charge >= 0.3 is 0 Å². The fourth-order valence-corrected chi connectivity index (χ4v) is 6.21. The van der Waals surface area contributed by atoms with Gasteiger partial charge in [-0.3, -0.25) is 25.2 Å². The van der Waals surface area contributed by atoms with E-state index < -0.39 is 23.9 Å². The maximum Gasteiger partial charge on any atom is 0.286 e. The molecule has 3 amide bonds. The van der Waals surface area contributed by atoms with Crippen LogP contribution in [0.15, 0.2) is 103 Å². The normalized spacial score (nSPS) is 14.9. The number of aryl methyl sites for hydroxylation is 2. The van der Waals surface area contributed by atoms with Gasteiger partial charge in [-0.2, -0.15) is 0 Å². The van der Waals surface area contributed by atoms with Crippen LogP contribution in [0.1, 0.15) is 50.5 Å². The molecule has 2 aromatic heterocycles. The Labute approximate surface area is 259 Å². The molecule has 45 heavy (non-hydrogen) atoms. The van der Waals surface area contributed by atoms with E-state index in [0.29, 0.717) is 17.0 Å². The van der Waals surface area contributed by atoms with Gasteiger partial charge in [0.1, 0.15) is 23.2 Å². The summed E-state index contributed by atoms with van der Waals surface area (Å²) >= 11 is 0. The van der Waals surface area contributed by atoms with E-state index in [1.807, 2.05) is 98.0 Å². The third-order valence-corrected chi connectivity index (χ3v) is 8.48. The molecule has 6 aromatic rings. The van der Waals surface area contributed by atoms with Crippen molar-refractivity contribution in [3.8, 4) is 11.5 Å². The second kappa shape index (κ2) is 11.0. The topological polar surface area (TPSA) is 108 Å². The largest absolute Gasteiger partial charge is 0.457 e. The summed E-state index contributed by atoms with van der Waals surface area (Å²) in [6.07, 6.45) is 1.89. The summed E-state index contributed by atoms with van der Waals surface area (Å²) in [5, 5.41) is 1.79. The van der Waals surface area contributed by atoms with Crippen molar-refractivity contribution >= 4 is 39.5 Å². The Bertz CT molecular complexity index is 2130. The first-order chi connectivity index (χ1) is 21.8. The van der Waals surface area contributed by atoms with Crippen molar-refractivity contribution in [2.75, 3.05) is 0 Å². The average molecular weight is 598 g/mol. The number of amides is 3. The van der Waals surface area contributed by atoms with Gasteiger partial charge in [0.2, 0.25) is 0 Å². The van der Waals surface area contributed by atoms with Crippen LogP contribution in [0.5, 0.6) is 11.5 Å². The summed E-state index contributed by atoms with van der Waals surface area (Å²) in [7, 11) is 1.79. The van der Waals surface area contributed by atoms with E-state index in [4.69, 9.17) is 4.74 Å². The molecule has 9 nitrogen and oxygen atoms in total. The zero-order valence-corrected chi connectivity index (χ0v) is 25.0. The van der Waals surface area contributed by atoms with E-state index in [2.05, 4.69) is 15.8 Å². The number of fused-ring (bicyclic) bond motifs is 3. The number of hydrazine groups is 1. The zero-order valence-electron chi connectivity index (χ0n) is 25.0. The van der Waals surface area contributed by atoms with Crippen LogP contribution in [-0.4, -0.2) is 38.2 Å². The molecule has 0 saturated heterocycles. The van der Waals surface area contributed by atoms with Gasteiger partial charge in [-0.15, -0.1) is 0 Å². The zero-order chi connectivity index (χ0) is 31.2. The molecule has 1 aliphatic heterocycles. The Balaban J connectivity index is 1.10. The molecule has 4 aromatic carbocycles. The number of nitrogens with zero attached hydrogens (tertiary/aromatic N) is 2. The molecule has 2 atom stereocenters. The van der Waals surface area contributed by atoms with Crippen molar-refractivity contribution in [1.29, 1.82) is 0 Å². The number of rotatable bonds is 6. The van der Waals surface area contributed by atoms with Crippen LogP contribution in [0, 0.1) is 6.92 Å². The van der Waals surface area contributed by atoms with Crippen LogP contribution in [0.25, 0.3) is 21.8 Å². The van der Waals surface area contributed by atoms with Crippen molar-refractivity contribution in [2.24, 2.45) is 7.05 Å². The van der Waals surface area contributed by atoms with Crippen LogP contribution in [0.2, 0.25) is 0 Å². The van der Waals surface area contributed by atoms with Crippen LogP contribution in [0.4, 0.5) is 0 Å². The summed E-state index contributed by atoms with van der Waals surface area (Å²) in [5.41, 5.74) is 10.6. The van der Waals surface area contributed by atoms with Crippen molar-refractivity contribution in [1.82, 2.24) is 25.3 Å². The van der Waals surface area contributed by atoms with Gasteiger partial charge in [-0.1, -0.05) is 48.5 Å². The van der Waals surface area contributed by atoms with E-state index in [0.717, 1.165) is 44.2 Å². The standard InChI is InChI=1S/C36H31N5O4/c1-21-9-8-10-24(17-21)45-25-15-16-31-23(18-25)19-32(40(31)3)35(43)39-38-34(42)22(2)41-33(27-12-4-5-13-28(27)36(41)44)29-20-37-30-14-7-6-11-26(29)30/h4-20,22,33,37H,1-3H3,(H,38,42)(H,39,43). The summed E-state index contributed by atoms with van der Waals surface area (Å²) in [5.74, 6) is 0.134. The quantitative estimate of drug-likeness (QED) is 0.200. The maximum absolute atomic E-state index is 13.7. The molecule has 7 rings (SSSR count). The lowest BCUT2D eigenvalue weighted by atomic mass is 9.97. The van der Waals surface area contributed by atoms with Gasteiger partial charge in [0.05, 0.1) is 6.04 Å². The highest BCUT2D eigenvalue weighted by molar-refractivity contribution is 6.04. The SMILES string of the molecule is Cc1cccc(Oc2ccc3c(c2)cc(C(=O)NNC(=O)C(C)N2C(=O)c4ccccc4C2c2c[nH]c4ccccc24)n3C)c1. The number of carbonyl (C=O) groups excluding carboxylic acids is 3. The highest BCUT2D eigenvalue weighted by atomic mass is 16.5. The predicted octanol–water partition coefficient (Wildman–Crippen LogP) is 6.16. The minimum absolute atomic E-state index is 0.243. The monoisotopic (exact) mass is 597 g/mol. The van der Waals surface area contributed by atoms with Gasteiger partial charge in [-0.05, 0) is 73.5 Å². The molecule has 0 saturated carbocycles. The fraction of sp³-hybridized carbons (Fsp3) is 0.139. The lowest BCUT2D eigenvalue weighted by molar-refractivity contribution is -0.126. The number of benzene rings is 4. The number of ether oxygens (including phenoxy) is 1. The van der Waals surface area contributed by atoms with E-state index in [1.54, 1.807) is 35.6 Å². The molecule has 0 aliphatic carbocycles. The lowest BCUT2D eigenvalue weighted by Crippen LogP contribution is -2.52. The molecule has 0 fully saturated rings. The summed E-state index contributed by atoms with van der Waals surface area (Å²) in [4.78, 5) is 45.3. The Morgan fingerprint density at radius 1 is 0.867 bits per heavy atom. The molecule has 0 bridgehead atoms. The number of aromatic amines is 1. The Hall–Kier alpha value is -5.83. The Kier molecular flexibility index (Phi) is 6.85. The number of H-pyrrole nitrogens is 1. The van der Waals surface area contributed by atoms with E-state index in [1.165, 1.54) is 0 Å². The maximum atomic E-state index is 13.7. The molecule has 1 aliphatic rings. The highest BCUT2D eigenvalue weighted by Gasteiger charge is 2.43. The average Bonchev–Trinajstić information content (AvgIpc) is 3.70. The minimum Gasteiger partial charge on any atom is -0.457 e. The fourth-order valence-electron chi connectivity index (χ4n) is 6.21. The van der Waals surface area contributed by atoms with Crippen molar-refractivity contribution in [3.63, 3.8) is 0 Å². The second-order valence-electron chi connectivity index (χ2n) is 11.3. The smallest absolute Gasteiger partial charge is 0.286 e. The van der Waals surface area contributed by atoms with Gasteiger partial charge in [0, 0.05) is 46.2 Å². The van der Waals surface area contributed by atoms with Crippen molar-refractivity contribution in [3.05, 3.63) is 131 Å². The number of aromatic nitrogens is 2. The number of hydrogen-bond donors (Lipinski definition) is 3. The van der Waals surface area contributed by atoms with Gasteiger partial charge in [-0.25, -0.2) is 0 Å². The van der Waals surface area contributed by atoms with Crippen molar-refractivity contribution < 1.29 is 19.1 Å². The van der Waals surface area contributed by atoms with E-state index in [9.17, 15) is 14.4 Å². The van der Waals surface area contributed by atoms with E-state index >= 15 is 0 Å². The molecule has 3 heterocycles. The summed E-state index contributed by atoms with van der Waals surface area (Å²) in [6.45, 7) is 3.67. The van der Waals surface area contributed by atoms with Crippen LogP contribution >= 0.6 is 0 Å². The van der Waals surface area contributed by atoms with Crippen LogP contribution < -0.4 is 15.6 Å². The Morgan fingerprint density at radius 2 is 1.64 bits per heavy atom. The number of para-hydroxylation sites is 1.